The molecule has 1 aromatic rings. The van der Waals surface area contributed by atoms with Crippen LogP contribution in [-0.2, 0) is 16.1 Å². The first-order chi connectivity index (χ1) is 9.05. The van der Waals surface area contributed by atoms with Gasteiger partial charge in [-0.25, -0.2) is 0 Å². The van der Waals surface area contributed by atoms with Crippen molar-refractivity contribution in [2.24, 2.45) is 5.73 Å². The lowest BCUT2D eigenvalue weighted by molar-refractivity contribution is -0.149. The monoisotopic (exact) mass is 334 g/mol. The van der Waals surface area contributed by atoms with Crippen LogP contribution in [0, 0.1) is 6.92 Å². The van der Waals surface area contributed by atoms with E-state index >= 15 is 0 Å². The first-order valence-electron chi connectivity index (χ1n) is 6.69. The summed E-state index contributed by atoms with van der Waals surface area (Å²) >= 11 is 0. The van der Waals surface area contributed by atoms with Crippen molar-refractivity contribution in [3.63, 3.8) is 0 Å². The van der Waals surface area contributed by atoms with Gasteiger partial charge in [-0.2, -0.15) is 0 Å². The minimum Gasteiger partial charge on any atom is -0.468 e. The number of hydrogen-bond donors (Lipinski definition) is 1. The van der Waals surface area contributed by atoms with E-state index in [0.29, 0.717) is 12.8 Å². The molecule has 0 amide bonds. The maximum absolute atomic E-state index is 11.6. The van der Waals surface area contributed by atoms with E-state index in [4.69, 9.17) is 10.5 Å². The molecular formula is C15H24Cl2N2O2. The summed E-state index contributed by atoms with van der Waals surface area (Å²) in [6.07, 6.45) is 1.32. The molecule has 0 unspecified atom stereocenters. The topological polar surface area (TPSA) is 55.6 Å². The summed E-state index contributed by atoms with van der Waals surface area (Å²) in [7, 11) is 1.40. The molecule has 1 heterocycles. The summed E-state index contributed by atoms with van der Waals surface area (Å²) in [5, 5.41) is 0. The van der Waals surface area contributed by atoms with Crippen molar-refractivity contribution in [2.75, 3.05) is 20.2 Å². The Kier molecular flexibility index (Phi) is 8.26. The summed E-state index contributed by atoms with van der Waals surface area (Å²) in [5.41, 5.74) is 7.95. The van der Waals surface area contributed by atoms with E-state index in [1.807, 2.05) is 0 Å². The highest BCUT2D eigenvalue weighted by Gasteiger charge is 2.38. The Hall–Kier alpha value is -0.810. The Morgan fingerprint density at radius 2 is 1.86 bits per heavy atom. The Bertz CT molecular complexity index is 461. The van der Waals surface area contributed by atoms with Crippen molar-refractivity contribution in [3.05, 3.63) is 35.4 Å². The predicted molar refractivity (Wildman–Crippen MR) is 89.1 cm³/mol. The van der Waals surface area contributed by atoms with E-state index in [1.54, 1.807) is 0 Å². The van der Waals surface area contributed by atoms with Crippen LogP contribution in [0.15, 0.2) is 24.3 Å². The molecule has 2 N–H and O–H groups in total. The lowest BCUT2D eigenvalue weighted by Gasteiger charge is -2.37. The minimum absolute atomic E-state index is 0. The molecule has 1 aromatic carbocycles. The third-order valence-electron chi connectivity index (χ3n) is 4.00. The molecule has 0 saturated carbocycles. The van der Waals surface area contributed by atoms with Gasteiger partial charge in [-0.1, -0.05) is 24.3 Å². The van der Waals surface area contributed by atoms with Crippen molar-refractivity contribution >= 4 is 30.8 Å². The highest BCUT2D eigenvalue weighted by Crippen LogP contribution is 2.23. The van der Waals surface area contributed by atoms with Crippen LogP contribution < -0.4 is 5.73 Å². The summed E-state index contributed by atoms with van der Waals surface area (Å²) in [6, 6.07) is 8.39. The number of halogens is 2. The number of ether oxygens (including phenoxy) is 1. The standard InChI is InChI=1S/C15H22N2O2.2ClH/c1-12-5-3-4-6-13(12)11-17-9-7-15(16,8-10-17)14(18)19-2;;/h3-6H,7-11,16H2,1-2H3;2*1H. The molecule has 0 bridgehead atoms. The lowest BCUT2D eigenvalue weighted by Crippen LogP contribution is -2.55. The van der Waals surface area contributed by atoms with Crippen LogP contribution in [0.1, 0.15) is 24.0 Å². The molecule has 0 atom stereocenters. The second-order valence-corrected chi connectivity index (χ2v) is 5.35. The Morgan fingerprint density at radius 3 is 2.38 bits per heavy atom. The molecule has 0 spiro atoms. The highest BCUT2D eigenvalue weighted by molar-refractivity contribution is 5.85. The molecule has 0 aliphatic carbocycles. The van der Waals surface area contributed by atoms with Gasteiger partial charge in [0.05, 0.1) is 7.11 Å². The van der Waals surface area contributed by atoms with Gasteiger partial charge in [0.2, 0.25) is 0 Å². The number of methoxy groups -OCH3 is 1. The minimum atomic E-state index is -0.795. The fraction of sp³-hybridized carbons (Fsp3) is 0.533. The second kappa shape index (κ2) is 8.59. The number of rotatable bonds is 3. The Morgan fingerprint density at radius 1 is 1.29 bits per heavy atom. The average Bonchev–Trinajstić information content (AvgIpc) is 2.43. The Balaban J connectivity index is 0.00000200. The molecule has 6 heteroatoms. The van der Waals surface area contributed by atoms with E-state index in [9.17, 15) is 4.79 Å². The number of carbonyl (C=O) groups is 1. The number of aryl methyl sites for hydroxylation is 1. The number of nitrogens with zero attached hydrogens (tertiary/aromatic N) is 1. The van der Waals surface area contributed by atoms with Gasteiger partial charge in [0, 0.05) is 19.6 Å². The van der Waals surface area contributed by atoms with Crippen LogP contribution in [0.5, 0.6) is 0 Å². The van der Waals surface area contributed by atoms with Crippen LogP contribution in [0.2, 0.25) is 0 Å². The van der Waals surface area contributed by atoms with Gasteiger partial charge in [0.1, 0.15) is 5.54 Å². The van der Waals surface area contributed by atoms with E-state index in [1.165, 1.54) is 18.2 Å². The molecule has 2 rings (SSSR count). The van der Waals surface area contributed by atoms with Gasteiger partial charge in [-0.15, -0.1) is 24.8 Å². The zero-order valence-electron chi connectivity index (χ0n) is 12.5. The molecule has 0 radical (unpaired) electrons. The zero-order valence-corrected chi connectivity index (χ0v) is 14.1. The SMILES string of the molecule is COC(=O)C1(N)CCN(Cc2ccccc2C)CC1.Cl.Cl. The Labute approximate surface area is 138 Å². The van der Waals surface area contributed by atoms with Crippen molar-refractivity contribution in [2.45, 2.75) is 31.8 Å². The predicted octanol–water partition coefficient (Wildman–Crippen LogP) is 2.30. The maximum atomic E-state index is 11.6. The normalized spacial score (nSPS) is 17.3. The van der Waals surface area contributed by atoms with E-state index in [2.05, 4.69) is 36.1 Å². The molecule has 4 nitrogen and oxygen atoms in total. The van der Waals surface area contributed by atoms with Crippen LogP contribution in [-0.4, -0.2) is 36.6 Å². The van der Waals surface area contributed by atoms with Gasteiger partial charge in [0.15, 0.2) is 0 Å². The van der Waals surface area contributed by atoms with E-state index in [-0.39, 0.29) is 30.8 Å². The average molecular weight is 335 g/mol. The molecule has 21 heavy (non-hydrogen) atoms. The fourth-order valence-corrected chi connectivity index (χ4v) is 2.55. The zero-order chi connectivity index (χ0) is 13.9. The second-order valence-electron chi connectivity index (χ2n) is 5.35. The van der Waals surface area contributed by atoms with Crippen molar-refractivity contribution in [1.29, 1.82) is 0 Å². The highest BCUT2D eigenvalue weighted by atomic mass is 35.5. The molecule has 1 aliphatic rings. The molecule has 120 valence electrons. The molecule has 1 aliphatic heterocycles. The van der Waals surface area contributed by atoms with E-state index < -0.39 is 5.54 Å². The summed E-state index contributed by atoms with van der Waals surface area (Å²) in [5.74, 6) is -0.289. The first kappa shape index (κ1) is 20.2. The third kappa shape index (κ3) is 4.85. The van der Waals surface area contributed by atoms with Gasteiger partial charge in [-0.3, -0.25) is 9.69 Å². The number of likely N-dealkylation sites (tertiary alicyclic amines) is 1. The summed E-state index contributed by atoms with van der Waals surface area (Å²) < 4.78 is 4.78. The number of piperidine rings is 1. The van der Waals surface area contributed by atoms with Gasteiger partial charge >= 0.3 is 5.97 Å². The number of carbonyl (C=O) groups excluding carboxylic acids is 1. The summed E-state index contributed by atoms with van der Waals surface area (Å²) in [6.45, 7) is 4.71. The van der Waals surface area contributed by atoms with Crippen molar-refractivity contribution < 1.29 is 9.53 Å². The molecule has 1 fully saturated rings. The van der Waals surface area contributed by atoms with E-state index in [0.717, 1.165) is 19.6 Å². The van der Waals surface area contributed by atoms with Crippen LogP contribution >= 0.6 is 24.8 Å². The number of esters is 1. The van der Waals surface area contributed by atoms with Gasteiger partial charge in [0.25, 0.3) is 0 Å². The largest absolute Gasteiger partial charge is 0.468 e. The number of hydrogen-bond acceptors (Lipinski definition) is 4. The smallest absolute Gasteiger partial charge is 0.325 e. The van der Waals surface area contributed by atoms with Crippen LogP contribution in [0.3, 0.4) is 0 Å². The first-order valence-corrected chi connectivity index (χ1v) is 6.69. The molecule has 1 saturated heterocycles. The number of benzene rings is 1. The quantitative estimate of drug-likeness (QED) is 0.862. The van der Waals surface area contributed by atoms with Crippen LogP contribution in [0.25, 0.3) is 0 Å². The fourth-order valence-electron chi connectivity index (χ4n) is 2.55. The lowest BCUT2D eigenvalue weighted by atomic mass is 9.88. The van der Waals surface area contributed by atoms with Crippen molar-refractivity contribution in [1.82, 2.24) is 4.90 Å². The third-order valence-corrected chi connectivity index (χ3v) is 4.00. The van der Waals surface area contributed by atoms with Gasteiger partial charge < -0.3 is 10.5 Å². The van der Waals surface area contributed by atoms with Crippen LogP contribution in [0.4, 0.5) is 0 Å². The summed E-state index contributed by atoms with van der Waals surface area (Å²) in [4.78, 5) is 14.0. The number of nitrogens with two attached hydrogens (primary N) is 1. The maximum Gasteiger partial charge on any atom is 0.325 e. The molecular weight excluding hydrogens is 311 g/mol. The molecule has 0 aromatic heterocycles. The van der Waals surface area contributed by atoms with Crippen molar-refractivity contribution in [3.8, 4) is 0 Å². The van der Waals surface area contributed by atoms with Gasteiger partial charge in [-0.05, 0) is 30.9 Å².